The average molecular weight is 439 g/mol. The summed E-state index contributed by atoms with van der Waals surface area (Å²) in [7, 11) is 5.34. The fourth-order valence-corrected chi connectivity index (χ4v) is 1.37. The van der Waals surface area contributed by atoms with Crippen LogP contribution in [0.15, 0.2) is 0 Å². The standard InChI is InChI=1S/C8H14O4.C7H12O4.C5H12O2/c1-11-7(9)5-3-4-6-8(10)12-2;1-10-6(8)4-3-5-7(9)11-2;1-5(2,3-6)4-7/h3-6H2,1-2H3;3-5H2,1-2H3;6-7H,3-4H2,1-2H3. The number of hydrogen-bond donors (Lipinski definition) is 2. The van der Waals surface area contributed by atoms with Crippen LogP contribution < -0.4 is 0 Å². The molecule has 0 aromatic heterocycles. The Kier molecular flexibility index (Phi) is 23.3. The normalized spacial score (nSPS) is 9.73. The Bertz CT molecular complexity index is 434. The number of carbonyl (C=O) groups excluding carboxylic acids is 4. The number of carbonyl (C=O) groups is 4. The van der Waals surface area contributed by atoms with Crippen LogP contribution in [0.2, 0.25) is 0 Å². The van der Waals surface area contributed by atoms with Gasteiger partial charge in [0.1, 0.15) is 0 Å². The Morgan fingerprint density at radius 1 is 0.567 bits per heavy atom. The number of unbranched alkanes of at least 4 members (excludes halogenated alkanes) is 1. The minimum absolute atomic E-state index is 0.0451. The highest BCUT2D eigenvalue weighted by atomic mass is 16.5. The Morgan fingerprint density at radius 2 is 0.800 bits per heavy atom. The van der Waals surface area contributed by atoms with Crippen LogP contribution in [-0.2, 0) is 38.1 Å². The van der Waals surface area contributed by atoms with Gasteiger partial charge in [0.05, 0.1) is 41.7 Å². The fourth-order valence-electron chi connectivity index (χ4n) is 1.37. The summed E-state index contributed by atoms with van der Waals surface area (Å²) < 4.78 is 17.6. The van der Waals surface area contributed by atoms with Crippen molar-refractivity contribution in [1.82, 2.24) is 0 Å². The van der Waals surface area contributed by atoms with Crippen molar-refractivity contribution in [1.29, 1.82) is 0 Å². The van der Waals surface area contributed by atoms with E-state index in [1.165, 1.54) is 28.4 Å². The van der Waals surface area contributed by atoms with Crippen LogP contribution in [0.25, 0.3) is 0 Å². The molecule has 10 heteroatoms. The minimum atomic E-state index is -0.306. The second-order valence-corrected chi connectivity index (χ2v) is 6.85. The molecule has 0 fully saturated rings. The van der Waals surface area contributed by atoms with Crippen LogP contribution in [0.4, 0.5) is 0 Å². The maximum Gasteiger partial charge on any atom is 0.305 e. The van der Waals surface area contributed by atoms with E-state index in [1.54, 1.807) is 13.8 Å². The topological polar surface area (TPSA) is 146 Å². The van der Waals surface area contributed by atoms with Crippen LogP contribution in [-0.4, -0.2) is 75.7 Å². The first kappa shape index (κ1) is 32.5. The van der Waals surface area contributed by atoms with E-state index in [0.29, 0.717) is 32.1 Å². The van der Waals surface area contributed by atoms with Crippen molar-refractivity contribution in [2.75, 3.05) is 41.7 Å². The second kappa shape index (κ2) is 21.5. The average Bonchev–Trinajstić information content (AvgIpc) is 2.76. The summed E-state index contributed by atoms with van der Waals surface area (Å²) in [5, 5.41) is 16.9. The molecular formula is C20H38O10. The lowest BCUT2D eigenvalue weighted by atomic mass is 9.97. The van der Waals surface area contributed by atoms with E-state index in [-0.39, 0.29) is 55.3 Å². The van der Waals surface area contributed by atoms with Gasteiger partial charge in [0.15, 0.2) is 0 Å². The molecule has 178 valence electrons. The fraction of sp³-hybridized carbons (Fsp3) is 0.800. The van der Waals surface area contributed by atoms with Crippen LogP contribution in [0.3, 0.4) is 0 Å². The molecule has 0 heterocycles. The maximum atomic E-state index is 10.6. The van der Waals surface area contributed by atoms with E-state index >= 15 is 0 Å². The van der Waals surface area contributed by atoms with E-state index in [4.69, 9.17) is 10.2 Å². The largest absolute Gasteiger partial charge is 0.469 e. The zero-order valence-electron chi connectivity index (χ0n) is 19.0. The third-order valence-electron chi connectivity index (χ3n) is 3.54. The monoisotopic (exact) mass is 438 g/mol. The first-order valence-electron chi connectivity index (χ1n) is 9.52. The minimum Gasteiger partial charge on any atom is -0.469 e. The summed E-state index contributed by atoms with van der Waals surface area (Å²) in [5.41, 5.74) is -0.306. The molecular weight excluding hydrogens is 400 g/mol. The molecule has 0 saturated heterocycles. The lowest BCUT2D eigenvalue weighted by Gasteiger charge is -2.16. The molecule has 0 radical (unpaired) electrons. The predicted octanol–water partition coefficient (Wildman–Crippen LogP) is 1.39. The van der Waals surface area contributed by atoms with Gasteiger partial charge >= 0.3 is 23.9 Å². The lowest BCUT2D eigenvalue weighted by molar-refractivity contribution is -0.143. The molecule has 0 saturated carbocycles. The molecule has 30 heavy (non-hydrogen) atoms. The molecule has 2 N–H and O–H groups in total. The van der Waals surface area contributed by atoms with Crippen molar-refractivity contribution in [3.8, 4) is 0 Å². The zero-order valence-corrected chi connectivity index (χ0v) is 19.0. The van der Waals surface area contributed by atoms with Gasteiger partial charge in [-0.2, -0.15) is 0 Å². The Morgan fingerprint density at radius 3 is 0.967 bits per heavy atom. The van der Waals surface area contributed by atoms with Crippen LogP contribution in [0.5, 0.6) is 0 Å². The van der Waals surface area contributed by atoms with E-state index in [1.807, 2.05) is 0 Å². The van der Waals surface area contributed by atoms with E-state index in [9.17, 15) is 19.2 Å². The quantitative estimate of drug-likeness (QED) is 0.276. The highest BCUT2D eigenvalue weighted by Crippen LogP contribution is 2.10. The van der Waals surface area contributed by atoms with E-state index < -0.39 is 0 Å². The van der Waals surface area contributed by atoms with Crippen LogP contribution >= 0.6 is 0 Å². The molecule has 0 rings (SSSR count). The van der Waals surface area contributed by atoms with Crippen molar-refractivity contribution in [2.45, 2.75) is 58.8 Å². The molecule has 0 bridgehead atoms. The van der Waals surface area contributed by atoms with E-state index in [0.717, 1.165) is 0 Å². The number of rotatable bonds is 11. The Balaban J connectivity index is -0.000000378. The second-order valence-electron chi connectivity index (χ2n) is 6.85. The van der Waals surface area contributed by atoms with Gasteiger partial charge in [-0.1, -0.05) is 13.8 Å². The molecule has 0 amide bonds. The third-order valence-corrected chi connectivity index (χ3v) is 3.54. The third kappa shape index (κ3) is 25.8. The van der Waals surface area contributed by atoms with Gasteiger partial charge in [-0.3, -0.25) is 19.2 Å². The summed E-state index contributed by atoms with van der Waals surface area (Å²) in [6.07, 6.45) is 3.10. The molecule has 0 spiro atoms. The number of hydrogen-bond acceptors (Lipinski definition) is 10. The van der Waals surface area contributed by atoms with Crippen molar-refractivity contribution in [3.63, 3.8) is 0 Å². The van der Waals surface area contributed by atoms with Gasteiger partial charge in [-0.25, -0.2) is 0 Å². The summed E-state index contributed by atoms with van der Waals surface area (Å²) in [6.45, 7) is 3.69. The number of esters is 4. The number of methoxy groups -OCH3 is 4. The molecule has 0 aromatic rings. The highest BCUT2D eigenvalue weighted by molar-refractivity contribution is 5.72. The van der Waals surface area contributed by atoms with Gasteiger partial charge < -0.3 is 29.2 Å². The van der Waals surface area contributed by atoms with Crippen LogP contribution in [0.1, 0.15) is 58.8 Å². The molecule has 0 aromatic carbocycles. The number of aliphatic hydroxyl groups excluding tert-OH is 2. The van der Waals surface area contributed by atoms with Gasteiger partial charge in [0, 0.05) is 31.1 Å². The molecule has 0 unspecified atom stereocenters. The molecule has 10 nitrogen and oxygen atoms in total. The number of aliphatic hydroxyl groups is 2. The predicted molar refractivity (Wildman–Crippen MR) is 108 cm³/mol. The molecule has 0 aliphatic heterocycles. The highest BCUT2D eigenvalue weighted by Gasteiger charge is 2.13. The summed E-state index contributed by atoms with van der Waals surface area (Å²) in [5.74, 6) is -1.07. The van der Waals surface area contributed by atoms with E-state index in [2.05, 4.69) is 18.9 Å². The first-order chi connectivity index (χ1) is 14.0. The zero-order chi connectivity index (χ0) is 24.0. The SMILES string of the molecule is CC(C)(CO)CO.COC(=O)CCCC(=O)OC.COC(=O)CCCCC(=O)OC. The van der Waals surface area contributed by atoms with Crippen LogP contribution in [0, 0.1) is 5.41 Å². The van der Waals surface area contributed by atoms with Gasteiger partial charge in [0.25, 0.3) is 0 Å². The van der Waals surface area contributed by atoms with Crippen molar-refractivity contribution >= 4 is 23.9 Å². The molecule has 0 aliphatic rings. The number of ether oxygens (including phenoxy) is 4. The lowest BCUT2D eigenvalue weighted by Crippen LogP contribution is -2.20. The van der Waals surface area contributed by atoms with Crippen molar-refractivity contribution in [3.05, 3.63) is 0 Å². The maximum absolute atomic E-state index is 10.6. The first-order valence-corrected chi connectivity index (χ1v) is 9.52. The Labute approximate surface area is 178 Å². The van der Waals surface area contributed by atoms with Crippen molar-refractivity contribution in [2.24, 2.45) is 5.41 Å². The molecule has 0 aliphatic carbocycles. The van der Waals surface area contributed by atoms with Gasteiger partial charge in [0.2, 0.25) is 0 Å². The smallest absolute Gasteiger partial charge is 0.305 e. The summed E-state index contributed by atoms with van der Waals surface area (Å²) >= 11 is 0. The van der Waals surface area contributed by atoms with Gasteiger partial charge in [-0.05, 0) is 19.3 Å². The summed E-state index contributed by atoms with van der Waals surface area (Å²) in [4.78, 5) is 42.2. The Hall–Kier alpha value is -2.20. The molecule has 0 atom stereocenters. The van der Waals surface area contributed by atoms with Crippen molar-refractivity contribution < 1.29 is 48.3 Å². The van der Waals surface area contributed by atoms with Gasteiger partial charge in [-0.15, -0.1) is 0 Å². The summed E-state index contributed by atoms with van der Waals surface area (Å²) in [6, 6.07) is 0.